The largest absolute Gasteiger partial charge is 0.476 e. The molecule has 0 rings (SSSR count). The van der Waals surface area contributed by atoms with Gasteiger partial charge in [0.15, 0.2) is 0 Å². The zero-order valence-electron chi connectivity index (χ0n) is 5.33. The molecule has 5 heteroatoms. The Bertz CT molecular complexity index is 119. The molecule has 10 heavy (non-hydrogen) atoms. The van der Waals surface area contributed by atoms with E-state index in [1.807, 2.05) is 0 Å². The van der Waals surface area contributed by atoms with E-state index in [0.717, 1.165) is 0 Å². The van der Waals surface area contributed by atoms with E-state index < -0.39 is 11.8 Å². The molecule has 0 aliphatic heterocycles. The van der Waals surface area contributed by atoms with Gasteiger partial charge in [0, 0.05) is 13.0 Å². The van der Waals surface area contributed by atoms with E-state index in [0.29, 0.717) is 0 Å². The van der Waals surface area contributed by atoms with Crippen LogP contribution in [0.4, 0.5) is 0 Å². The molecule has 0 aromatic heterocycles. The Labute approximate surface area is 57.6 Å². The normalized spacial score (nSPS) is 8.10. The number of rotatable bonds is 4. The Balaban J connectivity index is 0. The second kappa shape index (κ2) is 6.18. The fraction of sp³-hybridized carbons (Fsp3) is 0.600. The van der Waals surface area contributed by atoms with Crippen molar-refractivity contribution in [3.05, 3.63) is 0 Å². The third-order valence-corrected chi connectivity index (χ3v) is 0.800. The molecule has 0 unspecified atom stereocenters. The van der Waals surface area contributed by atoms with Crippen molar-refractivity contribution < 1.29 is 25.3 Å². The van der Waals surface area contributed by atoms with Gasteiger partial charge in [0.1, 0.15) is 0 Å². The first-order chi connectivity index (χ1) is 4.18. The number of carboxylic acids is 1. The van der Waals surface area contributed by atoms with Crippen molar-refractivity contribution in [3.8, 4) is 0 Å². The van der Waals surface area contributed by atoms with Crippen molar-refractivity contribution in [2.75, 3.05) is 6.61 Å². The highest BCUT2D eigenvalue weighted by Gasteiger charge is 2.08. The highest BCUT2D eigenvalue weighted by molar-refractivity contribution is 6.32. The van der Waals surface area contributed by atoms with Gasteiger partial charge in [-0.1, -0.05) is 0 Å². The summed E-state index contributed by atoms with van der Waals surface area (Å²) < 4.78 is 0. The second-order valence-corrected chi connectivity index (χ2v) is 1.56. The minimum absolute atomic E-state index is 0. The molecule has 0 saturated carbocycles. The van der Waals surface area contributed by atoms with Crippen molar-refractivity contribution in [2.45, 2.75) is 12.8 Å². The monoisotopic (exact) mass is 150 g/mol. The molecule has 0 atom stereocenters. The highest BCUT2D eigenvalue weighted by Crippen LogP contribution is 1.88. The van der Waals surface area contributed by atoms with Crippen LogP contribution < -0.4 is 0 Å². The Morgan fingerprint density at radius 1 is 1.30 bits per heavy atom. The molecule has 0 spiro atoms. The molecule has 0 amide bonds. The number of ketones is 1. The minimum atomic E-state index is -1.43. The van der Waals surface area contributed by atoms with Crippen molar-refractivity contribution in [1.82, 2.24) is 0 Å². The smallest absolute Gasteiger partial charge is 0.372 e. The fourth-order valence-corrected chi connectivity index (χ4v) is 0.347. The molecule has 0 saturated heterocycles. The zero-order valence-corrected chi connectivity index (χ0v) is 5.33. The lowest BCUT2D eigenvalue weighted by atomic mass is 10.2. The van der Waals surface area contributed by atoms with E-state index in [4.69, 9.17) is 10.2 Å². The van der Waals surface area contributed by atoms with Crippen LogP contribution in [-0.2, 0) is 9.59 Å². The molecule has 0 aromatic carbocycles. The van der Waals surface area contributed by atoms with Crippen LogP contribution in [0.5, 0.6) is 0 Å². The molecule has 0 radical (unpaired) electrons. The molecule has 0 heterocycles. The topological polar surface area (TPSA) is 106 Å². The first-order valence-electron chi connectivity index (χ1n) is 2.55. The highest BCUT2D eigenvalue weighted by atomic mass is 16.4. The quantitative estimate of drug-likeness (QED) is 0.480. The van der Waals surface area contributed by atoms with Crippen LogP contribution in [0.25, 0.3) is 0 Å². The summed E-state index contributed by atoms with van der Waals surface area (Å²) in [6.07, 6.45) is 0.150. The summed E-state index contributed by atoms with van der Waals surface area (Å²) in [5.74, 6) is -2.27. The van der Waals surface area contributed by atoms with Gasteiger partial charge in [-0.15, -0.1) is 0 Å². The lowest BCUT2D eigenvalue weighted by Crippen LogP contribution is -2.12. The third kappa shape index (κ3) is 5.20. The number of Topliss-reactive ketones (excluding diaryl/α,β-unsaturated/α-hetero) is 1. The maximum atomic E-state index is 10.2. The summed E-state index contributed by atoms with van der Waals surface area (Å²) in [6.45, 7) is -0.140. The van der Waals surface area contributed by atoms with Crippen molar-refractivity contribution in [3.63, 3.8) is 0 Å². The van der Waals surface area contributed by atoms with E-state index in [1.54, 1.807) is 0 Å². The van der Waals surface area contributed by atoms with Crippen LogP contribution in [0.3, 0.4) is 0 Å². The summed E-state index contributed by atoms with van der Waals surface area (Å²) in [5, 5.41) is 16.1. The van der Waals surface area contributed by atoms with Gasteiger partial charge in [-0.05, 0) is 6.42 Å². The van der Waals surface area contributed by atoms with Crippen molar-refractivity contribution >= 4 is 11.8 Å². The molecule has 60 valence electrons. The molecular weight excluding hydrogens is 140 g/mol. The molecule has 0 aliphatic rings. The Morgan fingerprint density at radius 3 is 2.10 bits per heavy atom. The van der Waals surface area contributed by atoms with Gasteiger partial charge >= 0.3 is 5.97 Å². The predicted molar refractivity (Wildman–Crippen MR) is 32.6 cm³/mol. The molecular formula is C5H10O5. The third-order valence-electron chi connectivity index (χ3n) is 0.800. The average Bonchev–Trinajstić information content (AvgIpc) is 1.82. The number of hydrogen-bond donors (Lipinski definition) is 2. The summed E-state index contributed by atoms with van der Waals surface area (Å²) in [4.78, 5) is 20.0. The van der Waals surface area contributed by atoms with Crippen LogP contribution in [0.15, 0.2) is 0 Å². The first-order valence-corrected chi connectivity index (χ1v) is 2.55. The van der Waals surface area contributed by atoms with Gasteiger partial charge in [0.05, 0.1) is 0 Å². The predicted octanol–water partition coefficient (Wildman–Crippen LogP) is -1.41. The Kier molecular flexibility index (Phi) is 7.30. The molecule has 0 fully saturated rings. The Morgan fingerprint density at radius 2 is 1.80 bits per heavy atom. The molecule has 0 bridgehead atoms. The number of hydrogen-bond acceptors (Lipinski definition) is 3. The van der Waals surface area contributed by atoms with Gasteiger partial charge in [-0.2, -0.15) is 0 Å². The van der Waals surface area contributed by atoms with Crippen LogP contribution in [-0.4, -0.2) is 34.0 Å². The van der Waals surface area contributed by atoms with Crippen LogP contribution in [0.1, 0.15) is 12.8 Å². The van der Waals surface area contributed by atoms with Crippen LogP contribution >= 0.6 is 0 Å². The Hall–Kier alpha value is -0.940. The van der Waals surface area contributed by atoms with Crippen LogP contribution in [0, 0.1) is 0 Å². The summed E-state index contributed by atoms with van der Waals surface area (Å²) in [7, 11) is 0. The number of aliphatic hydroxyl groups excluding tert-OH is 1. The summed E-state index contributed by atoms with van der Waals surface area (Å²) in [5.41, 5.74) is 0. The van der Waals surface area contributed by atoms with Gasteiger partial charge in [0.2, 0.25) is 5.78 Å². The van der Waals surface area contributed by atoms with Gasteiger partial charge < -0.3 is 15.7 Å². The number of aliphatic hydroxyl groups is 1. The number of aliphatic carboxylic acids is 1. The maximum absolute atomic E-state index is 10.2. The van der Waals surface area contributed by atoms with E-state index in [9.17, 15) is 9.59 Å². The van der Waals surface area contributed by atoms with Crippen molar-refractivity contribution in [1.29, 1.82) is 0 Å². The lowest BCUT2D eigenvalue weighted by Gasteiger charge is -1.89. The number of carbonyl (C=O) groups excluding carboxylic acids is 1. The molecule has 0 aliphatic carbocycles. The van der Waals surface area contributed by atoms with E-state index in [2.05, 4.69) is 0 Å². The van der Waals surface area contributed by atoms with Crippen LogP contribution in [0.2, 0.25) is 0 Å². The zero-order chi connectivity index (χ0) is 7.28. The number of carbonyl (C=O) groups is 2. The first kappa shape index (κ1) is 11.8. The SMILES string of the molecule is O.O=C(O)C(=O)CCCO. The van der Waals surface area contributed by atoms with E-state index >= 15 is 0 Å². The number of carboxylic acid groups (broad SMARTS) is 1. The van der Waals surface area contributed by atoms with Gasteiger partial charge in [-0.25, -0.2) is 4.79 Å². The van der Waals surface area contributed by atoms with E-state index in [-0.39, 0.29) is 24.9 Å². The van der Waals surface area contributed by atoms with Crippen molar-refractivity contribution in [2.24, 2.45) is 0 Å². The summed E-state index contributed by atoms with van der Waals surface area (Å²) in [6, 6.07) is 0. The average molecular weight is 150 g/mol. The van der Waals surface area contributed by atoms with Gasteiger partial charge in [0.25, 0.3) is 0 Å². The lowest BCUT2D eigenvalue weighted by molar-refractivity contribution is -0.149. The maximum Gasteiger partial charge on any atom is 0.372 e. The standard InChI is InChI=1S/C5H8O4.H2O/c6-3-1-2-4(7)5(8)9;/h6H,1-3H2,(H,8,9);1H2. The fourth-order valence-electron chi connectivity index (χ4n) is 0.347. The molecule has 4 N–H and O–H groups in total. The van der Waals surface area contributed by atoms with E-state index in [1.165, 1.54) is 0 Å². The minimum Gasteiger partial charge on any atom is -0.476 e. The second-order valence-electron chi connectivity index (χ2n) is 1.56. The molecule has 0 aromatic rings. The summed E-state index contributed by atoms with van der Waals surface area (Å²) >= 11 is 0. The molecule has 5 nitrogen and oxygen atoms in total. The van der Waals surface area contributed by atoms with Gasteiger partial charge in [-0.3, -0.25) is 4.79 Å².